The highest BCUT2D eigenvalue weighted by molar-refractivity contribution is 6.06. The molecule has 0 saturated carbocycles. The van der Waals surface area contributed by atoms with Crippen LogP contribution in [0.2, 0.25) is 0 Å². The summed E-state index contributed by atoms with van der Waals surface area (Å²) in [5.41, 5.74) is 4.85. The number of pyridine rings is 2. The Morgan fingerprint density at radius 2 is 1.53 bits per heavy atom. The lowest BCUT2D eigenvalue weighted by atomic mass is 9.96. The first kappa shape index (κ1) is 18.7. The van der Waals surface area contributed by atoms with Gasteiger partial charge in [0.05, 0.1) is 11.1 Å². The van der Waals surface area contributed by atoms with Crippen LogP contribution in [0, 0.1) is 0 Å². The summed E-state index contributed by atoms with van der Waals surface area (Å²) in [7, 11) is 0. The lowest BCUT2D eigenvalue weighted by Crippen LogP contribution is -2.36. The number of hydrogen-bond donors (Lipinski definition) is 0. The molecule has 0 atom stereocenters. The molecule has 0 aliphatic carbocycles. The summed E-state index contributed by atoms with van der Waals surface area (Å²) < 4.78 is 2.37. The third-order valence-corrected chi connectivity index (χ3v) is 6.09. The van der Waals surface area contributed by atoms with E-state index in [1.807, 2.05) is 6.20 Å². The lowest BCUT2D eigenvalue weighted by Gasteiger charge is -2.12. The lowest BCUT2D eigenvalue weighted by molar-refractivity contribution is -0.690. The average Bonchev–Trinajstić information content (AvgIpc) is 2.77. The monoisotopic (exact) mass is 391 g/mol. The summed E-state index contributed by atoms with van der Waals surface area (Å²) in [4.78, 5) is 4.77. The maximum Gasteiger partial charge on any atom is 0.213 e. The van der Waals surface area contributed by atoms with Gasteiger partial charge in [-0.25, -0.2) is 0 Å². The summed E-state index contributed by atoms with van der Waals surface area (Å²) in [5.74, 6) is 0.520. The maximum atomic E-state index is 4.77. The summed E-state index contributed by atoms with van der Waals surface area (Å²) in [6.07, 6.45) is 4.22. The van der Waals surface area contributed by atoms with Crippen molar-refractivity contribution >= 4 is 32.4 Å². The van der Waals surface area contributed by atoms with Gasteiger partial charge in [0.15, 0.2) is 12.2 Å². The molecule has 2 heterocycles. The molecule has 0 aliphatic rings. The predicted molar refractivity (Wildman–Crippen MR) is 127 cm³/mol. The minimum absolute atomic E-state index is 0.396. The van der Waals surface area contributed by atoms with Crippen molar-refractivity contribution in [1.29, 1.82) is 0 Å². The van der Waals surface area contributed by atoms with Gasteiger partial charge >= 0.3 is 0 Å². The van der Waals surface area contributed by atoms with E-state index in [0.29, 0.717) is 12.0 Å². The van der Waals surface area contributed by atoms with Gasteiger partial charge in [-0.2, -0.15) is 4.57 Å². The van der Waals surface area contributed by atoms with E-state index in [1.165, 1.54) is 38.0 Å². The fourth-order valence-corrected chi connectivity index (χ4v) is 4.42. The highest BCUT2D eigenvalue weighted by Crippen LogP contribution is 2.32. The third kappa shape index (κ3) is 3.04. The third-order valence-electron chi connectivity index (χ3n) is 6.09. The minimum atomic E-state index is 0.396. The second-order valence-corrected chi connectivity index (χ2v) is 8.74. The maximum absolute atomic E-state index is 4.77. The molecule has 0 bridgehead atoms. The molecule has 0 N–H and O–H groups in total. The topological polar surface area (TPSA) is 16.8 Å². The van der Waals surface area contributed by atoms with E-state index in [9.17, 15) is 0 Å². The molecule has 3 aromatic carbocycles. The van der Waals surface area contributed by atoms with Crippen LogP contribution in [0.15, 0.2) is 79.1 Å². The first-order valence-corrected chi connectivity index (χ1v) is 10.8. The molecule has 0 saturated heterocycles. The highest BCUT2D eigenvalue weighted by atomic mass is 15.0. The van der Waals surface area contributed by atoms with Crippen molar-refractivity contribution in [2.75, 3.05) is 0 Å². The van der Waals surface area contributed by atoms with Crippen LogP contribution in [0.5, 0.6) is 0 Å². The first-order chi connectivity index (χ1) is 14.5. The summed E-state index contributed by atoms with van der Waals surface area (Å²) >= 11 is 0. The van der Waals surface area contributed by atoms with Gasteiger partial charge in [0, 0.05) is 34.0 Å². The van der Waals surface area contributed by atoms with E-state index in [0.717, 1.165) is 11.3 Å². The van der Waals surface area contributed by atoms with Crippen molar-refractivity contribution < 1.29 is 4.57 Å². The van der Waals surface area contributed by atoms with E-state index in [4.69, 9.17) is 4.98 Å². The molecule has 0 unspecified atom stereocenters. The molecule has 0 aliphatic heterocycles. The Kier molecular flexibility index (Phi) is 4.51. The van der Waals surface area contributed by atoms with Crippen LogP contribution in [-0.4, -0.2) is 4.98 Å². The predicted octanol–water partition coefficient (Wildman–Crippen LogP) is 7.20. The molecular weight excluding hydrogens is 364 g/mol. The molecule has 0 radical (unpaired) electrons. The van der Waals surface area contributed by atoms with Crippen LogP contribution in [0.25, 0.3) is 43.7 Å². The molecule has 148 valence electrons. The van der Waals surface area contributed by atoms with Gasteiger partial charge in [0.2, 0.25) is 5.52 Å². The van der Waals surface area contributed by atoms with Crippen LogP contribution in [-0.2, 0) is 0 Å². The van der Waals surface area contributed by atoms with E-state index >= 15 is 0 Å². The summed E-state index contributed by atoms with van der Waals surface area (Å²) in [6.45, 7) is 8.95. The molecular formula is C28H27N2+. The van der Waals surface area contributed by atoms with E-state index < -0.39 is 0 Å². The average molecular weight is 392 g/mol. The number of fused-ring (bicyclic) bond motifs is 4. The van der Waals surface area contributed by atoms with Crippen LogP contribution < -0.4 is 4.57 Å². The molecule has 2 heteroatoms. The summed E-state index contributed by atoms with van der Waals surface area (Å²) in [6, 6.07) is 24.7. The zero-order valence-corrected chi connectivity index (χ0v) is 18.1. The molecule has 0 fully saturated rings. The first-order valence-electron chi connectivity index (χ1n) is 10.8. The van der Waals surface area contributed by atoms with Crippen molar-refractivity contribution in [2.45, 2.75) is 39.7 Å². The summed E-state index contributed by atoms with van der Waals surface area (Å²) in [5, 5.41) is 6.29. The van der Waals surface area contributed by atoms with Gasteiger partial charge in [-0.15, -0.1) is 0 Å². The van der Waals surface area contributed by atoms with Crippen molar-refractivity contribution in [3.63, 3.8) is 0 Å². The van der Waals surface area contributed by atoms with E-state index in [2.05, 4.69) is 105 Å². The molecule has 0 spiro atoms. The number of benzene rings is 3. The second-order valence-electron chi connectivity index (χ2n) is 8.74. The standard InChI is InChI=1S/C28H27N2/c1-18(2)20-9-12-25-21(15-20)13-14-29-28(25)22-10-11-24-23(16-22)17-30(19(3)4)27-8-6-5-7-26(24)27/h5-19H,1-4H3/q+1. The van der Waals surface area contributed by atoms with Crippen LogP contribution in [0.1, 0.15) is 45.2 Å². The largest absolute Gasteiger partial charge is 0.256 e. The molecule has 2 aromatic heterocycles. The van der Waals surface area contributed by atoms with Gasteiger partial charge in [-0.05, 0) is 48.9 Å². The molecule has 30 heavy (non-hydrogen) atoms. The number of para-hydroxylation sites is 1. The number of rotatable bonds is 3. The Morgan fingerprint density at radius 1 is 0.733 bits per heavy atom. The van der Waals surface area contributed by atoms with E-state index in [1.54, 1.807) is 0 Å². The van der Waals surface area contributed by atoms with Crippen LogP contribution in [0.4, 0.5) is 0 Å². The smallest absolute Gasteiger partial charge is 0.213 e. The molecule has 2 nitrogen and oxygen atoms in total. The highest BCUT2D eigenvalue weighted by Gasteiger charge is 2.17. The van der Waals surface area contributed by atoms with Crippen molar-refractivity contribution in [3.05, 3.63) is 84.7 Å². The number of nitrogens with zero attached hydrogens (tertiary/aromatic N) is 2. The van der Waals surface area contributed by atoms with Crippen LogP contribution >= 0.6 is 0 Å². The van der Waals surface area contributed by atoms with Crippen molar-refractivity contribution in [2.24, 2.45) is 0 Å². The Bertz CT molecular complexity index is 1400. The number of hydrogen-bond acceptors (Lipinski definition) is 1. The van der Waals surface area contributed by atoms with E-state index in [-0.39, 0.29) is 0 Å². The quantitative estimate of drug-likeness (QED) is 0.235. The minimum Gasteiger partial charge on any atom is -0.256 e. The Hall–Kier alpha value is -3.26. The molecule has 0 amide bonds. The van der Waals surface area contributed by atoms with Crippen molar-refractivity contribution in [3.8, 4) is 11.3 Å². The fraction of sp³-hybridized carbons (Fsp3) is 0.214. The Labute approximate surface area is 177 Å². The molecule has 5 rings (SSSR count). The van der Waals surface area contributed by atoms with Gasteiger partial charge in [0.25, 0.3) is 0 Å². The second kappa shape index (κ2) is 7.21. The van der Waals surface area contributed by atoms with Gasteiger partial charge in [0.1, 0.15) is 0 Å². The van der Waals surface area contributed by atoms with Gasteiger partial charge < -0.3 is 0 Å². The fourth-order valence-electron chi connectivity index (χ4n) is 4.42. The van der Waals surface area contributed by atoms with Crippen LogP contribution in [0.3, 0.4) is 0 Å². The Morgan fingerprint density at radius 3 is 2.33 bits per heavy atom. The zero-order chi connectivity index (χ0) is 20.8. The SMILES string of the molecule is CC(C)c1ccc2c(-c3ccc4c(c3)c[n+](C(C)C)c3ccccc43)nccc2c1. The normalized spacial score (nSPS) is 11.9. The molecule has 5 aromatic rings. The Balaban J connectivity index is 1.75. The zero-order valence-electron chi connectivity index (χ0n) is 18.1. The number of aromatic nitrogens is 2. The van der Waals surface area contributed by atoms with Gasteiger partial charge in [-0.3, -0.25) is 4.98 Å². The van der Waals surface area contributed by atoms with Crippen molar-refractivity contribution in [1.82, 2.24) is 4.98 Å². The van der Waals surface area contributed by atoms with Gasteiger partial charge in [-0.1, -0.05) is 56.3 Å².